The lowest BCUT2D eigenvalue weighted by Crippen LogP contribution is -2.38. The molecule has 2 aromatic carbocycles. The molecule has 138 valence electrons. The molecule has 0 saturated carbocycles. The van der Waals surface area contributed by atoms with Crippen LogP contribution in [0.15, 0.2) is 69.6 Å². The van der Waals surface area contributed by atoms with E-state index in [4.69, 9.17) is 4.74 Å². The molecule has 0 aliphatic carbocycles. The van der Waals surface area contributed by atoms with E-state index in [1.165, 1.54) is 23.0 Å². The summed E-state index contributed by atoms with van der Waals surface area (Å²) >= 11 is 1.29. The van der Waals surface area contributed by atoms with Crippen LogP contribution in [-0.4, -0.2) is 16.2 Å². The summed E-state index contributed by atoms with van der Waals surface area (Å²) in [6.07, 6.45) is 0. The predicted octanol–water partition coefficient (Wildman–Crippen LogP) is 3.14. The molecular formula is C21H15N3O3S. The Morgan fingerprint density at radius 2 is 1.93 bits per heavy atom. The molecule has 0 bridgehead atoms. The van der Waals surface area contributed by atoms with E-state index in [0.717, 1.165) is 10.1 Å². The van der Waals surface area contributed by atoms with E-state index < -0.39 is 5.69 Å². The molecular weight excluding hydrogens is 374 g/mol. The summed E-state index contributed by atoms with van der Waals surface area (Å²) in [4.78, 5) is 26.3. The maximum Gasteiger partial charge on any atom is 0.336 e. The Balaban J connectivity index is 2.00. The van der Waals surface area contributed by atoms with Gasteiger partial charge in [0.2, 0.25) is 0 Å². The molecule has 0 atom stereocenters. The van der Waals surface area contributed by atoms with E-state index in [-0.39, 0.29) is 12.1 Å². The van der Waals surface area contributed by atoms with Gasteiger partial charge in [-0.15, -0.1) is 11.3 Å². The summed E-state index contributed by atoms with van der Waals surface area (Å²) in [5.74, 6) is 0.552. The molecule has 4 aromatic rings. The van der Waals surface area contributed by atoms with E-state index in [1.54, 1.807) is 47.8 Å². The van der Waals surface area contributed by atoms with E-state index in [0.29, 0.717) is 27.2 Å². The smallest absolute Gasteiger partial charge is 0.336 e. The molecule has 0 amide bonds. The zero-order valence-electron chi connectivity index (χ0n) is 15.0. The Morgan fingerprint density at radius 3 is 2.71 bits per heavy atom. The second-order valence-corrected chi connectivity index (χ2v) is 7.03. The number of nitriles is 1. The number of methoxy groups -OCH3 is 1. The highest BCUT2D eigenvalue weighted by atomic mass is 32.1. The fraction of sp³-hybridized carbons (Fsp3) is 0.0952. The number of aromatic nitrogens is 2. The van der Waals surface area contributed by atoms with Crippen LogP contribution in [0.1, 0.15) is 11.1 Å². The second kappa shape index (κ2) is 7.18. The molecule has 28 heavy (non-hydrogen) atoms. The van der Waals surface area contributed by atoms with Gasteiger partial charge in [0.15, 0.2) is 0 Å². The molecule has 2 heterocycles. The van der Waals surface area contributed by atoms with Gasteiger partial charge in [0, 0.05) is 6.07 Å². The molecule has 0 spiro atoms. The van der Waals surface area contributed by atoms with Crippen molar-refractivity contribution in [2.24, 2.45) is 0 Å². The Bertz CT molecular complexity index is 1340. The fourth-order valence-electron chi connectivity index (χ4n) is 3.15. The van der Waals surface area contributed by atoms with Gasteiger partial charge in [-0.1, -0.05) is 24.3 Å². The quantitative estimate of drug-likeness (QED) is 0.537. The first-order chi connectivity index (χ1) is 13.6. The summed E-state index contributed by atoms with van der Waals surface area (Å²) < 4.78 is 8.39. The first kappa shape index (κ1) is 17.8. The number of fused-ring (bicyclic) bond motifs is 1. The van der Waals surface area contributed by atoms with Gasteiger partial charge in [-0.3, -0.25) is 9.36 Å². The van der Waals surface area contributed by atoms with Gasteiger partial charge in [-0.05, 0) is 35.2 Å². The van der Waals surface area contributed by atoms with Crippen molar-refractivity contribution in [3.05, 3.63) is 91.9 Å². The molecule has 0 aliphatic heterocycles. The summed E-state index contributed by atoms with van der Waals surface area (Å²) in [6.45, 7) is 0.194. The largest absolute Gasteiger partial charge is 0.497 e. The van der Waals surface area contributed by atoms with Crippen LogP contribution in [0.4, 0.5) is 0 Å². The van der Waals surface area contributed by atoms with Gasteiger partial charge in [0.05, 0.1) is 36.5 Å². The second-order valence-electron chi connectivity index (χ2n) is 6.11. The van der Waals surface area contributed by atoms with E-state index in [9.17, 15) is 14.9 Å². The van der Waals surface area contributed by atoms with Crippen molar-refractivity contribution in [2.45, 2.75) is 6.54 Å². The highest BCUT2D eigenvalue weighted by Gasteiger charge is 2.17. The van der Waals surface area contributed by atoms with E-state index in [2.05, 4.69) is 6.07 Å². The summed E-state index contributed by atoms with van der Waals surface area (Å²) in [6, 6.07) is 17.9. The topological polar surface area (TPSA) is 77.0 Å². The molecule has 0 saturated heterocycles. The van der Waals surface area contributed by atoms with Gasteiger partial charge in [0.1, 0.15) is 10.4 Å². The zero-order chi connectivity index (χ0) is 19.7. The third-order valence-corrected chi connectivity index (χ3v) is 5.42. The zero-order valence-corrected chi connectivity index (χ0v) is 15.8. The maximum absolute atomic E-state index is 13.3. The van der Waals surface area contributed by atoms with Crippen LogP contribution in [-0.2, 0) is 6.54 Å². The lowest BCUT2D eigenvalue weighted by Gasteiger charge is -2.13. The van der Waals surface area contributed by atoms with Crippen molar-refractivity contribution in [2.75, 3.05) is 7.11 Å². The molecule has 0 unspecified atom stereocenters. The minimum Gasteiger partial charge on any atom is -0.497 e. The molecule has 0 N–H and O–H groups in total. The minimum absolute atomic E-state index is 0.194. The Kier molecular flexibility index (Phi) is 4.55. The normalized spacial score (nSPS) is 10.7. The summed E-state index contributed by atoms with van der Waals surface area (Å²) in [5.41, 5.74) is 1.39. The van der Waals surface area contributed by atoms with Crippen LogP contribution in [0.3, 0.4) is 0 Å². The third kappa shape index (κ3) is 2.90. The van der Waals surface area contributed by atoms with Crippen molar-refractivity contribution in [3.63, 3.8) is 0 Å². The number of hydrogen-bond donors (Lipinski definition) is 0. The van der Waals surface area contributed by atoms with Gasteiger partial charge in [-0.25, -0.2) is 9.36 Å². The van der Waals surface area contributed by atoms with Crippen LogP contribution >= 0.6 is 11.3 Å². The third-order valence-electron chi connectivity index (χ3n) is 4.53. The first-order valence-corrected chi connectivity index (χ1v) is 9.37. The average Bonchev–Trinajstić information content (AvgIpc) is 3.22. The van der Waals surface area contributed by atoms with Crippen LogP contribution in [0, 0.1) is 11.3 Å². The van der Waals surface area contributed by atoms with Gasteiger partial charge in [-0.2, -0.15) is 5.26 Å². The first-order valence-electron chi connectivity index (χ1n) is 8.49. The SMILES string of the molecule is COc1cccc(-n2c(=O)c3sccc3n(Cc3ccccc3C#N)c2=O)c1. The lowest BCUT2D eigenvalue weighted by atomic mass is 10.1. The van der Waals surface area contributed by atoms with Crippen molar-refractivity contribution in [3.8, 4) is 17.5 Å². The van der Waals surface area contributed by atoms with Gasteiger partial charge < -0.3 is 4.74 Å². The maximum atomic E-state index is 13.3. The molecule has 6 nitrogen and oxygen atoms in total. The van der Waals surface area contributed by atoms with E-state index in [1.807, 2.05) is 12.1 Å². The molecule has 0 aliphatic rings. The van der Waals surface area contributed by atoms with Gasteiger partial charge in [0.25, 0.3) is 5.56 Å². The highest BCUT2D eigenvalue weighted by molar-refractivity contribution is 7.17. The number of hydrogen-bond acceptors (Lipinski definition) is 5. The average molecular weight is 389 g/mol. The number of thiophene rings is 1. The molecule has 0 fully saturated rings. The van der Waals surface area contributed by atoms with Crippen LogP contribution < -0.4 is 16.0 Å². The summed E-state index contributed by atoms with van der Waals surface area (Å²) in [7, 11) is 1.53. The monoisotopic (exact) mass is 389 g/mol. The van der Waals surface area contributed by atoms with Crippen molar-refractivity contribution in [1.29, 1.82) is 5.26 Å². The summed E-state index contributed by atoms with van der Waals surface area (Å²) in [5, 5.41) is 11.2. The number of rotatable bonds is 4. The predicted molar refractivity (Wildman–Crippen MR) is 108 cm³/mol. The number of ether oxygens (including phenoxy) is 1. The van der Waals surface area contributed by atoms with Crippen LogP contribution in [0.2, 0.25) is 0 Å². The fourth-order valence-corrected chi connectivity index (χ4v) is 3.98. The Labute approximate surface area is 164 Å². The Hall–Kier alpha value is -3.63. The molecule has 7 heteroatoms. The van der Waals surface area contributed by atoms with Crippen molar-refractivity contribution < 1.29 is 4.74 Å². The number of benzene rings is 2. The minimum atomic E-state index is -0.461. The molecule has 4 rings (SSSR count). The van der Waals surface area contributed by atoms with E-state index >= 15 is 0 Å². The van der Waals surface area contributed by atoms with Crippen molar-refractivity contribution in [1.82, 2.24) is 9.13 Å². The molecule has 2 aromatic heterocycles. The molecule has 0 radical (unpaired) electrons. The highest BCUT2D eigenvalue weighted by Crippen LogP contribution is 2.20. The number of nitrogens with zero attached hydrogens (tertiary/aromatic N) is 3. The van der Waals surface area contributed by atoms with Gasteiger partial charge >= 0.3 is 5.69 Å². The van der Waals surface area contributed by atoms with Crippen LogP contribution in [0.25, 0.3) is 15.9 Å². The standard InChI is InChI=1S/C21H15N3O3S/c1-27-17-8-4-7-16(11-17)24-20(25)19-18(9-10-28-19)23(21(24)26)13-15-6-3-2-5-14(15)12-22/h2-11H,13H2,1H3. The van der Waals surface area contributed by atoms with Crippen LogP contribution in [0.5, 0.6) is 5.75 Å². The lowest BCUT2D eigenvalue weighted by molar-refractivity contribution is 0.414. The van der Waals surface area contributed by atoms with Crippen molar-refractivity contribution >= 4 is 21.6 Å². The Morgan fingerprint density at radius 1 is 1.11 bits per heavy atom.